The van der Waals surface area contributed by atoms with Crippen LogP contribution in [0.3, 0.4) is 0 Å². The topological polar surface area (TPSA) is 60.2 Å². The maximum atomic E-state index is 12.4. The van der Waals surface area contributed by atoms with Crippen molar-refractivity contribution in [2.24, 2.45) is 0 Å². The minimum Gasteiger partial charge on any atom is -0.496 e. The Morgan fingerprint density at radius 3 is 2.79 bits per heavy atom. The number of methoxy groups -OCH3 is 1. The number of amides is 1. The number of ether oxygens (including phenoxy) is 1. The van der Waals surface area contributed by atoms with Crippen LogP contribution < -0.4 is 4.74 Å². The summed E-state index contributed by atoms with van der Waals surface area (Å²) in [6, 6.07) is 15.3. The molecule has 0 atom stereocenters. The van der Waals surface area contributed by atoms with Gasteiger partial charge in [0, 0.05) is 30.3 Å². The van der Waals surface area contributed by atoms with E-state index in [0.29, 0.717) is 29.6 Å². The molecule has 6 nitrogen and oxygen atoms in total. The predicted octanol–water partition coefficient (Wildman–Crippen LogP) is 3.66. The first-order valence-corrected chi connectivity index (χ1v) is 9.12. The zero-order chi connectivity index (χ0) is 19.9. The van der Waals surface area contributed by atoms with Crippen LogP contribution in [0.5, 0.6) is 5.75 Å². The van der Waals surface area contributed by atoms with Gasteiger partial charge in [-0.05, 0) is 29.8 Å². The molecular formula is C21H21ClN4O2. The quantitative estimate of drug-likeness (QED) is 0.572. The van der Waals surface area contributed by atoms with Gasteiger partial charge in [0.05, 0.1) is 19.9 Å². The van der Waals surface area contributed by atoms with Gasteiger partial charge in [-0.2, -0.15) is 0 Å². The van der Waals surface area contributed by atoms with E-state index in [-0.39, 0.29) is 5.91 Å². The Bertz CT molecular complexity index is 970. The lowest BCUT2D eigenvalue weighted by Crippen LogP contribution is -2.24. The Morgan fingerprint density at radius 1 is 1.25 bits per heavy atom. The fraction of sp³-hybridized carbons (Fsp3) is 0.190. The third-order valence-corrected chi connectivity index (χ3v) is 4.40. The van der Waals surface area contributed by atoms with Crippen LogP contribution in [0.2, 0.25) is 5.02 Å². The van der Waals surface area contributed by atoms with Crippen LogP contribution in [-0.4, -0.2) is 40.0 Å². The van der Waals surface area contributed by atoms with E-state index in [1.165, 1.54) is 6.08 Å². The molecule has 1 amide bonds. The average Bonchev–Trinajstić information content (AvgIpc) is 3.14. The predicted molar refractivity (Wildman–Crippen MR) is 109 cm³/mol. The lowest BCUT2D eigenvalue weighted by molar-refractivity contribution is -0.125. The molecule has 0 unspecified atom stereocenters. The molecule has 0 bridgehead atoms. The standard InChI is InChI=1S/C21H21ClN4O2/c1-25(14-17-12-18(22)8-10-20(17)28-2)21(27)11-9-19-15-26(24-23-19)13-16-6-4-3-5-7-16/h3-12,15H,13-14H2,1-2H3/b11-9+. The van der Waals surface area contributed by atoms with Gasteiger partial charge in [0.25, 0.3) is 0 Å². The highest BCUT2D eigenvalue weighted by molar-refractivity contribution is 6.30. The van der Waals surface area contributed by atoms with E-state index in [1.807, 2.05) is 30.3 Å². The Kier molecular flexibility index (Phi) is 6.45. The van der Waals surface area contributed by atoms with E-state index in [2.05, 4.69) is 10.3 Å². The minimum atomic E-state index is -0.153. The summed E-state index contributed by atoms with van der Waals surface area (Å²) < 4.78 is 7.06. The van der Waals surface area contributed by atoms with Gasteiger partial charge in [-0.1, -0.05) is 47.1 Å². The molecule has 0 N–H and O–H groups in total. The molecular weight excluding hydrogens is 376 g/mol. The van der Waals surface area contributed by atoms with Gasteiger partial charge < -0.3 is 9.64 Å². The lowest BCUT2D eigenvalue weighted by atomic mass is 10.2. The van der Waals surface area contributed by atoms with E-state index in [9.17, 15) is 4.79 Å². The fourth-order valence-electron chi connectivity index (χ4n) is 2.73. The number of nitrogens with zero attached hydrogens (tertiary/aromatic N) is 4. The molecule has 144 valence electrons. The summed E-state index contributed by atoms with van der Waals surface area (Å²) in [5, 5.41) is 8.78. The van der Waals surface area contributed by atoms with Crippen molar-refractivity contribution in [1.82, 2.24) is 19.9 Å². The zero-order valence-electron chi connectivity index (χ0n) is 15.7. The Balaban J connectivity index is 1.61. The molecule has 0 radical (unpaired) electrons. The first kappa shape index (κ1) is 19.6. The lowest BCUT2D eigenvalue weighted by Gasteiger charge is -2.17. The van der Waals surface area contributed by atoms with Crippen LogP contribution in [0.1, 0.15) is 16.8 Å². The van der Waals surface area contributed by atoms with Crippen molar-refractivity contribution < 1.29 is 9.53 Å². The molecule has 2 aromatic carbocycles. The van der Waals surface area contributed by atoms with Crippen LogP contribution >= 0.6 is 11.6 Å². The van der Waals surface area contributed by atoms with Gasteiger partial charge in [0.15, 0.2) is 0 Å². The van der Waals surface area contributed by atoms with Crippen molar-refractivity contribution in [3.05, 3.63) is 82.6 Å². The van der Waals surface area contributed by atoms with Crippen molar-refractivity contribution in [3.63, 3.8) is 0 Å². The fourth-order valence-corrected chi connectivity index (χ4v) is 2.92. The van der Waals surface area contributed by atoms with Crippen LogP contribution in [0, 0.1) is 0 Å². The summed E-state index contributed by atoms with van der Waals surface area (Å²) in [6.07, 6.45) is 4.94. The van der Waals surface area contributed by atoms with Crippen LogP contribution in [0.25, 0.3) is 6.08 Å². The maximum absolute atomic E-state index is 12.4. The third kappa shape index (κ3) is 5.20. The summed E-state index contributed by atoms with van der Waals surface area (Å²) in [5.41, 5.74) is 2.60. The number of halogens is 1. The van der Waals surface area contributed by atoms with Crippen LogP contribution in [0.4, 0.5) is 0 Å². The number of likely N-dealkylation sites (N-methyl/N-ethyl adjacent to an activating group) is 1. The SMILES string of the molecule is COc1ccc(Cl)cc1CN(C)C(=O)/C=C/c1cn(Cc2ccccc2)nn1. The molecule has 7 heteroatoms. The molecule has 0 aliphatic carbocycles. The number of rotatable bonds is 7. The molecule has 0 saturated heterocycles. The molecule has 1 aromatic heterocycles. The van der Waals surface area contributed by atoms with Gasteiger partial charge in [-0.25, -0.2) is 4.68 Å². The smallest absolute Gasteiger partial charge is 0.246 e. The van der Waals surface area contributed by atoms with Crippen molar-refractivity contribution in [2.75, 3.05) is 14.2 Å². The Labute approximate surface area is 169 Å². The molecule has 0 fully saturated rings. The van der Waals surface area contributed by atoms with Gasteiger partial charge in [-0.15, -0.1) is 5.10 Å². The molecule has 0 aliphatic heterocycles. The molecule has 3 aromatic rings. The largest absolute Gasteiger partial charge is 0.496 e. The molecule has 3 rings (SSSR count). The highest BCUT2D eigenvalue weighted by Crippen LogP contribution is 2.23. The molecule has 0 saturated carbocycles. The van der Waals surface area contributed by atoms with Crippen molar-refractivity contribution in [1.29, 1.82) is 0 Å². The van der Waals surface area contributed by atoms with Gasteiger partial charge in [-0.3, -0.25) is 4.79 Å². The molecule has 1 heterocycles. The molecule has 0 aliphatic rings. The van der Waals surface area contributed by atoms with Gasteiger partial charge >= 0.3 is 0 Å². The molecule has 0 spiro atoms. The van der Waals surface area contributed by atoms with Crippen LogP contribution in [-0.2, 0) is 17.9 Å². The highest BCUT2D eigenvalue weighted by atomic mass is 35.5. The first-order valence-electron chi connectivity index (χ1n) is 8.75. The van der Waals surface area contributed by atoms with Gasteiger partial charge in [0.1, 0.15) is 11.4 Å². The second kappa shape index (κ2) is 9.19. The summed E-state index contributed by atoms with van der Waals surface area (Å²) in [5.74, 6) is 0.538. The van der Waals surface area contributed by atoms with E-state index in [0.717, 1.165) is 11.1 Å². The number of carbonyl (C=O) groups is 1. The highest BCUT2D eigenvalue weighted by Gasteiger charge is 2.11. The number of hydrogen-bond donors (Lipinski definition) is 0. The van der Waals surface area contributed by atoms with Crippen molar-refractivity contribution in [2.45, 2.75) is 13.1 Å². The van der Waals surface area contributed by atoms with E-state index in [4.69, 9.17) is 16.3 Å². The second-order valence-corrected chi connectivity index (χ2v) is 6.75. The van der Waals surface area contributed by atoms with Crippen molar-refractivity contribution in [3.8, 4) is 5.75 Å². The number of benzene rings is 2. The second-order valence-electron chi connectivity index (χ2n) is 6.31. The summed E-state index contributed by atoms with van der Waals surface area (Å²) >= 11 is 6.05. The Hall–Kier alpha value is -3.12. The van der Waals surface area contributed by atoms with Gasteiger partial charge in [0.2, 0.25) is 5.91 Å². The van der Waals surface area contributed by atoms with E-state index < -0.39 is 0 Å². The minimum absolute atomic E-state index is 0.153. The van der Waals surface area contributed by atoms with Crippen molar-refractivity contribution >= 4 is 23.6 Å². The average molecular weight is 397 g/mol. The monoisotopic (exact) mass is 396 g/mol. The number of hydrogen-bond acceptors (Lipinski definition) is 4. The number of aromatic nitrogens is 3. The maximum Gasteiger partial charge on any atom is 0.246 e. The summed E-state index contributed by atoms with van der Waals surface area (Å²) in [4.78, 5) is 14.0. The first-order chi connectivity index (χ1) is 13.5. The summed E-state index contributed by atoms with van der Waals surface area (Å²) in [6.45, 7) is 1.01. The molecule has 28 heavy (non-hydrogen) atoms. The summed E-state index contributed by atoms with van der Waals surface area (Å²) in [7, 11) is 3.31. The normalized spacial score (nSPS) is 11.0. The Morgan fingerprint density at radius 2 is 2.04 bits per heavy atom. The number of carbonyl (C=O) groups excluding carboxylic acids is 1. The third-order valence-electron chi connectivity index (χ3n) is 4.17. The zero-order valence-corrected chi connectivity index (χ0v) is 16.5. The van der Waals surface area contributed by atoms with Crippen LogP contribution in [0.15, 0.2) is 60.8 Å². The van der Waals surface area contributed by atoms with E-state index >= 15 is 0 Å². The van der Waals surface area contributed by atoms with E-state index in [1.54, 1.807) is 54.2 Å².